The molecule has 0 bridgehead atoms. The van der Waals surface area contributed by atoms with E-state index in [9.17, 15) is 14.7 Å². The molecule has 2 aromatic rings. The molecule has 35 heavy (non-hydrogen) atoms. The molecule has 0 aliphatic carbocycles. The number of Topliss-reactive ketones (excluding diaryl/α,β-unsaturated/α-hetero) is 1. The fourth-order valence-corrected chi connectivity index (χ4v) is 10.0. The van der Waals surface area contributed by atoms with Gasteiger partial charge in [0.15, 0.2) is 0 Å². The molecule has 1 aliphatic heterocycles. The molecule has 1 fully saturated rings. The number of likely N-dealkylation sites (tertiary alicyclic amines) is 1. The summed E-state index contributed by atoms with van der Waals surface area (Å²) in [5, 5.41) is 11.9. The lowest BCUT2D eigenvalue weighted by Crippen LogP contribution is -2.66. The van der Waals surface area contributed by atoms with Crippen molar-refractivity contribution in [2.24, 2.45) is 5.41 Å². The quantitative estimate of drug-likeness (QED) is 0.374. The first kappa shape index (κ1) is 26.7. The van der Waals surface area contributed by atoms with Crippen LogP contribution in [-0.4, -0.2) is 48.9 Å². The fourth-order valence-electron chi connectivity index (χ4n) is 5.56. The van der Waals surface area contributed by atoms with E-state index in [1.807, 2.05) is 57.2 Å². The van der Waals surface area contributed by atoms with Crippen molar-refractivity contribution in [3.05, 3.63) is 60.7 Å². The normalized spacial score (nSPS) is 18.6. The molecule has 1 atom stereocenters. The van der Waals surface area contributed by atoms with Gasteiger partial charge in [0, 0.05) is 6.54 Å². The number of hydrogen-bond acceptors (Lipinski definition) is 3. The number of carbonyl (C=O) groups excluding carboxylic acids is 1. The van der Waals surface area contributed by atoms with Crippen molar-refractivity contribution in [3.8, 4) is 11.8 Å². The van der Waals surface area contributed by atoms with Crippen molar-refractivity contribution >= 4 is 30.6 Å². The lowest BCUT2D eigenvalue weighted by Gasteiger charge is -2.44. The third kappa shape index (κ3) is 4.80. The summed E-state index contributed by atoms with van der Waals surface area (Å²) >= 11 is 0. The molecule has 2 aromatic carbocycles. The zero-order valence-electron chi connectivity index (χ0n) is 21.7. The number of rotatable bonds is 5. The molecular weight excluding hydrogens is 454 g/mol. The van der Waals surface area contributed by atoms with Crippen LogP contribution in [0.15, 0.2) is 60.7 Å². The average molecular weight is 492 g/mol. The number of ketones is 1. The number of nitrogens with zero attached hydrogens (tertiary/aromatic N) is 1. The van der Waals surface area contributed by atoms with Crippen LogP contribution in [0.4, 0.5) is 4.79 Å². The van der Waals surface area contributed by atoms with Gasteiger partial charge in [-0.2, -0.15) is 0 Å². The van der Waals surface area contributed by atoms with Gasteiger partial charge in [-0.1, -0.05) is 108 Å². The number of carbonyl (C=O) groups is 2. The molecule has 0 saturated carbocycles. The number of carboxylic acid groups (broad SMARTS) is 1. The topological polar surface area (TPSA) is 66.8 Å². The minimum atomic E-state index is -2.76. The van der Waals surface area contributed by atoms with E-state index in [4.69, 9.17) is 4.43 Å². The molecule has 6 heteroatoms. The predicted octanol–water partition coefficient (Wildman–Crippen LogP) is 4.69. The largest absolute Gasteiger partial charge is 0.465 e. The smallest absolute Gasteiger partial charge is 0.408 e. The standard InChI is InChI=1S/C29H37NO4Si/c1-27(2,3)29(20-14-21-30(29)26(32)33)25(31)19-13-22-34-35(28(4,5)6,23-15-9-7-10-16-23)24-17-11-8-12-18-24/h7-12,15-18H,14,20-22H2,1-6H3,(H,32,33). The van der Waals surface area contributed by atoms with Crippen LogP contribution in [0.1, 0.15) is 54.4 Å². The van der Waals surface area contributed by atoms with Crippen molar-refractivity contribution < 1.29 is 19.1 Å². The maximum absolute atomic E-state index is 13.5. The molecule has 1 saturated heterocycles. The molecule has 186 valence electrons. The van der Waals surface area contributed by atoms with Gasteiger partial charge in [-0.3, -0.25) is 9.69 Å². The van der Waals surface area contributed by atoms with Gasteiger partial charge >= 0.3 is 6.09 Å². The van der Waals surface area contributed by atoms with Crippen LogP contribution < -0.4 is 10.4 Å². The lowest BCUT2D eigenvalue weighted by atomic mass is 9.69. The molecule has 3 rings (SSSR count). The number of hydrogen-bond donors (Lipinski definition) is 1. The van der Waals surface area contributed by atoms with Crippen LogP contribution in [0.2, 0.25) is 5.04 Å². The Morgan fingerprint density at radius 3 is 1.91 bits per heavy atom. The van der Waals surface area contributed by atoms with Crippen molar-refractivity contribution in [2.45, 2.75) is 65.0 Å². The van der Waals surface area contributed by atoms with E-state index in [2.05, 4.69) is 56.9 Å². The maximum Gasteiger partial charge on any atom is 0.408 e. The maximum atomic E-state index is 13.5. The monoisotopic (exact) mass is 491 g/mol. The van der Waals surface area contributed by atoms with Crippen LogP contribution >= 0.6 is 0 Å². The predicted molar refractivity (Wildman–Crippen MR) is 143 cm³/mol. The van der Waals surface area contributed by atoms with Crippen LogP contribution in [0.25, 0.3) is 0 Å². The van der Waals surface area contributed by atoms with Gasteiger partial charge in [0.05, 0.1) is 6.61 Å². The van der Waals surface area contributed by atoms with Crippen molar-refractivity contribution in [3.63, 3.8) is 0 Å². The molecule has 0 spiro atoms. The second-order valence-corrected chi connectivity index (χ2v) is 15.5. The molecule has 0 radical (unpaired) electrons. The highest BCUT2D eigenvalue weighted by molar-refractivity contribution is 6.99. The third-order valence-electron chi connectivity index (χ3n) is 7.21. The molecule has 1 heterocycles. The first-order valence-corrected chi connectivity index (χ1v) is 14.1. The Kier molecular flexibility index (Phi) is 7.64. The highest BCUT2D eigenvalue weighted by Crippen LogP contribution is 2.44. The average Bonchev–Trinajstić information content (AvgIpc) is 3.26. The zero-order valence-corrected chi connectivity index (χ0v) is 22.7. The van der Waals surface area contributed by atoms with Gasteiger partial charge in [-0.05, 0) is 39.6 Å². The first-order chi connectivity index (χ1) is 16.4. The van der Waals surface area contributed by atoms with Crippen LogP contribution in [0.3, 0.4) is 0 Å². The van der Waals surface area contributed by atoms with E-state index >= 15 is 0 Å². The van der Waals surface area contributed by atoms with E-state index in [0.717, 1.165) is 10.4 Å². The first-order valence-electron chi connectivity index (χ1n) is 12.2. The van der Waals surface area contributed by atoms with Gasteiger partial charge in [-0.15, -0.1) is 0 Å². The molecule has 1 aliphatic rings. The third-order valence-corrected chi connectivity index (χ3v) is 12.2. The summed E-state index contributed by atoms with van der Waals surface area (Å²) in [7, 11) is -2.76. The van der Waals surface area contributed by atoms with Crippen LogP contribution in [0, 0.1) is 17.3 Å². The number of benzene rings is 2. The highest BCUT2D eigenvalue weighted by atomic mass is 28.4. The van der Waals surface area contributed by atoms with Gasteiger partial charge < -0.3 is 9.53 Å². The summed E-state index contributed by atoms with van der Waals surface area (Å²) < 4.78 is 6.76. The van der Waals surface area contributed by atoms with E-state index in [0.29, 0.717) is 19.4 Å². The Morgan fingerprint density at radius 1 is 0.971 bits per heavy atom. The summed E-state index contributed by atoms with van der Waals surface area (Å²) in [5.41, 5.74) is -1.73. The molecule has 1 N–H and O–H groups in total. The summed E-state index contributed by atoms with van der Waals surface area (Å²) in [6.07, 6.45) is 0.0534. The van der Waals surface area contributed by atoms with Gasteiger partial charge in [0.25, 0.3) is 8.32 Å². The molecule has 1 amide bonds. The van der Waals surface area contributed by atoms with Crippen LogP contribution in [-0.2, 0) is 9.22 Å². The van der Waals surface area contributed by atoms with E-state index in [-0.39, 0.29) is 17.4 Å². The van der Waals surface area contributed by atoms with Gasteiger partial charge in [0.1, 0.15) is 5.54 Å². The fraction of sp³-hybridized carbons (Fsp3) is 0.448. The minimum Gasteiger partial charge on any atom is -0.465 e. The second kappa shape index (κ2) is 10.0. The van der Waals surface area contributed by atoms with Gasteiger partial charge in [0.2, 0.25) is 5.78 Å². The molecule has 1 unspecified atom stereocenters. The highest BCUT2D eigenvalue weighted by Gasteiger charge is 2.56. The van der Waals surface area contributed by atoms with E-state index in [1.54, 1.807) is 0 Å². The Hall–Kier alpha value is -2.88. The molecule has 5 nitrogen and oxygen atoms in total. The minimum absolute atomic E-state index is 0.0896. The zero-order chi connectivity index (χ0) is 25.9. The summed E-state index contributed by atoms with van der Waals surface area (Å²) in [5.74, 6) is 5.41. The van der Waals surface area contributed by atoms with E-state index in [1.165, 1.54) is 4.90 Å². The summed E-state index contributed by atoms with van der Waals surface area (Å²) in [6, 6.07) is 20.5. The van der Waals surface area contributed by atoms with Gasteiger partial charge in [-0.25, -0.2) is 4.79 Å². The van der Waals surface area contributed by atoms with Crippen molar-refractivity contribution in [1.82, 2.24) is 4.90 Å². The molecule has 0 aromatic heterocycles. The molecular formula is C29H37NO4Si. The Morgan fingerprint density at radius 2 is 1.49 bits per heavy atom. The Bertz CT molecular complexity index is 1070. The Balaban J connectivity index is 1.98. The summed E-state index contributed by atoms with van der Waals surface area (Å²) in [6.45, 7) is 12.7. The van der Waals surface area contributed by atoms with E-state index < -0.39 is 25.4 Å². The SMILES string of the molecule is CC(C)(C)C1(C(=O)C#CCO[Si](c2ccccc2)(c2ccccc2)C(C)(C)C)CCCN1C(=O)O. The number of amides is 1. The second-order valence-electron chi connectivity index (χ2n) is 11.2. The summed E-state index contributed by atoms with van der Waals surface area (Å²) in [4.78, 5) is 26.7. The van der Waals surface area contributed by atoms with Crippen molar-refractivity contribution in [1.29, 1.82) is 0 Å². The lowest BCUT2D eigenvalue weighted by molar-refractivity contribution is -0.129. The Labute approximate surface area is 210 Å². The van der Waals surface area contributed by atoms with Crippen molar-refractivity contribution in [2.75, 3.05) is 13.2 Å². The van der Waals surface area contributed by atoms with Crippen LogP contribution in [0.5, 0.6) is 0 Å².